The summed E-state index contributed by atoms with van der Waals surface area (Å²) in [6, 6.07) is 9.19. The minimum Gasteiger partial charge on any atom is -0.360 e. The minimum atomic E-state index is -0.0530. The summed E-state index contributed by atoms with van der Waals surface area (Å²) in [6.07, 6.45) is 3.02. The molecule has 0 aliphatic carbocycles. The number of hydrogen-bond donors (Lipinski definition) is 1. The molecule has 4 nitrogen and oxygen atoms in total. The topological polar surface area (TPSA) is 55.1 Å². The summed E-state index contributed by atoms with van der Waals surface area (Å²) in [6.45, 7) is 3.79. The molecule has 2 rings (SSSR count). The third-order valence-electron chi connectivity index (χ3n) is 2.43. The van der Waals surface area contributed by atoms with Crippen molar-refractivity contribution in [3.63, 3.8) is 0 Å². The zero-order chi connectivity index (χ0) is 13.0. The van der Waals surface area contributed by atoms with Crippen LogP contribution in [0.5, 0.6) is 0 Å². The molecule has 0 radical (unpaired) electrons. The van der Waals surface area contributed by atoms with Crippen LogP contribution in [0, 0.1) is 13.8 Å². The lowest BCUT2D eigenvalue weighted by Gasteiger charge is -1.96. The molecule has 0 unspecified atom stereocenters. The molecule has 2 aromatic rings. The largest absolute Gasteiger partial charge is 0.360 e. The van der Waals surface area contributed by atoms with Gasteiger partial charge in [-0.3, -0.25) is 4.79 Å². The van der Waals surface area contributed by atoms with E-state index in [0.717, 1.165) is 11.3 Å². The lowest BCUT2D eigenvalue weighted by atomic mass is 10.1. The number of carbonyl (C=O) groups excluding carboxylic acids is 1. The monoisotopic (exact) mass is 242 g/mol. The van der Waals surface area contributed by atoms with E-state index in [1.54, 1.807) is 19.2 Å². The standard InChI is InChI=1S/C14H14N2O2/c1-10-3-5-12(6-4-10)13(17)7-8-15-14-9-11(2)18-16-14/h3-9H,1-2H3,(H,15,16)/b8-7-. The Hall–Kier alpha value is -2.36. The second-order valence-electron chi connectivity index (χ2n) is 4.03. The zero-order valence-electron chi connectivity index (χ0n) is 10.3. The van der Waals surface area contributed by atoms with E-state index in [-0.39, 0.29) is 5.78 Å². The van der Waals surface area contributed by atoms with Crippen LogP contribution in [0.4, 0.5) is 5.82 Å². The van der Waals surface area contributed by atoms with Crippen LogP contribution >= 0.6 is 0 Å². The van der Waals surface area contributed by atoms with Gasteiger partial charge >= 0.3 is 0 Å². The summed E-state index contributed by atoms with van der Waals surface area (Å²) in [7, 11) is 0. The molecule has 0 amide bonds. The number of benzene rings is 1. The number of nitrogens with zero attached hydrogens (tertiary/aromatic N) is 1. The smallest absolute Gasteiger partial charge is 0.187 e. The molecule has 1 aromatic heterocycles. The van der Waals surface area contributed by atoms with Crippen molar-refractivity contribution >= 4 is 11.6 Å². The first-order chi connectivity index (χ1) is 8.65. The molecule has 0 fully saturated rings. The number of carbonyl (C=O) groups is 1. The number of aryl methyl sites for hydroxylation is 2. The maximum Gasteiger partial charge on any atom is 0.187 e. The summed E-state index contributed by atoms with van der Waals surface area (Å²) in [4.78, 5) is 11.8. The predicted molar refractivity (Wildman–Crippen MR) is 69.5 cm³/mol. The average Bonchev–Trinajstić information content (AvgIpc) is 2.76. The summed E-state index contributed by atoms with van der Waals surface area (Å²) >= 11 is 0. The van der Waals surface area contributed by atoms with Gasteiger partial charge in [0.2, 0.25) is 0 Å². The van der Waals surface area contributed by atoms with E-state index >= 15 is 0 Å². The summed E-state index contributed by atoms with van der Waals surface area (Å²) in [5, 5.41) is 6.62. The van der Waals surface area contributed by atoms with E-state index < -0.39 is 0 Å². The van der Waals surface area contributed by atoms with E-state index in [2.05, 4.69) is 10.5 Å². The van der Waals surface area contributed by atoms with Crippen molar-refractivity contribution in [1.29, 1.82) is 0 Å². The Bertz CT molecular complexity index is 568. The summed E-state index contributed by atoms with van der Waals surface area (Å²) in [5.74, 6) is 1.25. The van der Waals surface area contributed by atoms with Crippen LogP contribution in [-0.2, 0) is 0 Å². The molecule has 92 valence electrons. The molecule has 1 heterocycles. The first kappa shape index (κ1) is 12.1. The van der Waals surface area contributed by atoms with Crippen LogP contribution in [-0.4, -0.2) is 10.9 Å². The Morgan fingerprint density at radius 2 is 2.00 bits per heavy atom. The highest BCUT2D eigenvalue weighted by molar-refractivity contribution is 6.04. The highest BCUT2D eigenvalue weighted by Crippen LogP contribution is 2.07. The van der Waals surface area contributed by atoms with E-state index in [4.69, 9.17) is 4.52 Å². The van der Waals surface area contributed by atoms with Crippen molar-refractivity contribution in [3.8, 4) is 0 Å². The fourth-order valence-electron chi connectivity index (χ4n) is 1.45. The normalized spacial score (nSPS) is 10.8. The molecular formula is C14H14N2O2. The number of aromatic nitrogens is 1. The van der Waals surface area contributed by atoms with Crippen molar-refractivity contribution in [1.82, 2.24) is 5.16 Å². The SMILES string of the molecule is Cc1ccc(C(=O)/C=C\Nc2cc(C)on2)cc1. The molecule has 0 spiro atoms. The molecule has 0 bridgehead atoms. The molecule has 0 saturated carbocycles. The first-order valence-electron chi connectivity index (χ1n) is 5.62. The number of anilines is 1. The summed E-state index contributed by atoms with van der Waals surface area (Å²) in [5.41, 5.74) is 1.79. The van der Waals surface area contributed by atoms with Crippen LogP contribution in [0.2, 0.25) is 0 Å². The van der Waals surface area contributed by atoms with Crippen molar-refractivity contribution < 1.29 is 9.32 Å². The van der Waals surface area contributed by atoms with Gasteiger partial charge in [-0.15, -0.1) is 0 Å². The van der Waals surface area contributed by atoms with Crippen LogP contribution in [0.15, 0.2) is 47.1 Å². The van der Waals surface area contributed by atoms with Crippen LogP contribution in [0.3, 0.4) is 0 Å². The summed E-state index contributed by atoms with van der Waals surface area (Å²) < 4.78 is 4.89. The molecule has 4 heteroatoms. The number of rotatable bonds is 4. The zero-order valence-corrected chi connectivity index (χ0v) is 10.3. The maximum absolute atomic E-state index is 11.8. The van der Waals surface area contributed by atoms with Gasteiger partial charge in [-0.05, 0) is 13.8 Å². The molecule has 0 aliphatic heterocycles. The highest BCUT2D eigenvalue weighted by Gasteiger charge is 2.01. The van der Waals surface area contributed by atoms with E-state index in [1.807, 2.05) is 31.2 Å². The molecule has 0 aliphatic rings. The second kappa shape index (κ2) is 5.31. The van der Waals surface area contributed by atoms with Gasteiger partial charge in [0.25, 0.3) is 0 Å². The van der Waals surface area contributed by atoms with Gasteiger partial charge in [0.05, 0.1) is 0 Å². The van der Waals surface area contributed by atoms with Gasteiger partial charge in [-0.25, -0.2) is 0 Å². The lowest BCUT2D eigenvalue weighted by Crippen LogP contribution is -1.96. The minimum absolute atomic E-state index is 0.0530. The van der Waals surface area contributed by atoms with Crippen LogP contribution < -0.4 is 5.32 Å². The van der Waals surface area contributed by atoms with Gasteiger partial charge in [0.15, 0.2) is 11.6 Å². The Morgan fingerprint density at radius 3 is 2.61 bits per heavy atom. The Kier molecular flexibility index (Phi) is 3.57. The fourth-order valence-corrected chi connectivity index (χ4v) is 1.45. The van der Waals surface area contributed by atoms with E-state index in [9.17, 15) is 4.79 Å². The molecule has 1 N–H and O–H groups in total. The van der Waals surface area contributed by atoms with Gasteiger partial charge in [-0.1, -0.05) is 35.0 Å². The maximum atomic E-state index is 11.8. The number of nitrogens with one attached hydrogen (secondary N) is 1. The molecule has 1 aromatic carbocycles. The third kappa shape index (κ3) is 3.07. The molecule has 0 saturated heterocycles. The van der Waals surface area contributed by atoms with Crippen molar-refractivity contribution in [2.45, 2.75) is 13.8 Å². The Labute approximate surface area is 105 Å². The molecule has 18 heavy (non-hydrogen) atoms. The van der Waals surface area contributed by atoms with Gasteiger partial charge in [0.1, 0.15) is 5.76 Å². The Morgan fingerprint density at radius 1 is 1.28 bits per heavy atom. The van der Waals surface area contributed by atoms with Gasteiger partial charge < -0.3 is 9.84 Å². The van der Waals surface area contributed by atoms with E-state index in [0.29, 0.717) is 11.4 Å². The number of hydrogen-bond acceptors (Lipinski definition) is 4. The fraction of sp³-hybridized carbons (Fsp3) is 0.143. The van der Waals surface area contributed by atoms with E-state index in [1.165, 1.54) is 6.08 Å². The number of ketones is 1. The second-order valence-corrected chi connectivity index (χ2v) is 4.03. The average molecular weight is 242 g/mol. The van der Waals surface area contributed by atoms with Gasteiger partial charge in [-0.2, -0.15) is 0 Å². The quantitative estimate of drug-likeness (QED) is 0.661. The van der Waals surface area contributed by atoms with Crippen molar-refractivity contribution in [3.05, 3.63) is 59.5 Å². The number of allylic oxidation sites excluding steroid dienone is 1. The predicted octanol–water partition coefficient (Wildman–Crippen LogP) is 3.10. The molecular weight excluding hydrogens is 228 g/mol. The van der Waals surface area contributed by atoms with Crippen molar-refractivity contribution in [2.24, 2.45) is 0 Å². The van der Waals surface area contributed by atoms with Crippen molar-refractivity contribution in [2.75, 3.05) is 5.32 Å². The third-order valence-corrected chi connectivity index (χ3v) is 2.43. The first-order valence-corrected chi connectivity index (χ1v) is 5.62. The van der Waals surface area contributed by atoms with Crippen LogP contribution in [0.1, 0.15) is 21.7 Å². The van der Waals surface area contributed by atoms with Gasteiger partial charge in [0, 0.05) is 23.9 Å². The lowest BCUT2D eigenvalue weighted by molar-refractivity contribution is 0.104. The highest BCUT2D eigenvalue weighted by atomic mass is 16.5. The Balaban J connectivity index is 1.97. The molecule has 0 atom stereocenters. The van der Waals surface area contributed by atoms with Crippen LogP contribution in [0.25, 0.3) is 0 Å².